The van der Waals surface area contributed by atoms with Crippen molar-refractivity contribution in [3.8, 4) is 5.75 Å². The highest BCUT2D eigenvalue weighted by Crippen LogP contribution is 2.34. The largest absolute Gasteiger partial charge is 0.482 e. The minimum Gasteiger partial charge on any atom is -0.482 e. The van der Waals surface area contributed by atoms with Crippen LogP contribution in [-0.2, 0) is 9.59 Å². The lowest BCUT2D eigenvalue weighted by Crippen LogP contribution is -2.46. The average Bonchev–Trinajstić information content (AvgIpc) is 2.59. The second-order valence-corrected chi connectivity index (χ2v) is 6.27. The van der Waals surface area contributed by atoms with Crippen LogP contribution in [0, 0.1) is 0 Å². The van der Waals surface area contributed by atoms with E-state index in [2.05, 4.69) is 15.9 Å². The molecule has 0 aromatic heterocycles. The molecule has 3 rings (SSSR count). The highest BCUT2D eigenvalue weighted by molar-refractivity contribution is 9.10. The quantitative estimate of drug-likeness (QED) is 0.807. The molecule has 1 aliphatic rings. The lowest BCUT2D eigenvalue weighted by atomic mass is 10.2. The molecule has 0 aliphatic carbocycles. The molecular weight excluding hydrogens is 372 g/mol. The van der Waals surface area contributed by atoms with Gasteiger partial charge in [-0.15, -0.1) is 0 Å². The van der Waals surface area contributed by atoms with E-state index in [1.807, 2.05) is 43.3 Å². The van der Waals surface area contributed by atoms with Crippen molar-refractivity contribution in [2.24, 2.45) is 0 Å². The summed E-state index contributed by atoms with van der Waals surface area (Å²) in [4.78, 5) is 28.1. The molecule has 24 heavy (non-hydrogen) atoms. The Morgan fingerprint density at radius 2 is 2.00 bits per heavy atom. The van der Waals surface area contributed by atoms with Crippen LogP contribution in [0.5, 0.6) is 5.75 Å². The molecule has 0 fully saturated rings. The summed E-state index contributed by atoms with van der Waals surface area (Å²) in [7, 11) is 0. The number of halogens is 1. The van der Waals surface area contributed by atoms with E-state index < -0.39 is 0 Å². The Balaban J connectivity index is 1.85. The smallest absolute Gasteiger partial charge is 0.265 e. The summed E-state index contributed by atoms with van der Waals surface area (Å²) in [6, 6.07) is 14.8. The van der Waals surface area contributed by atoms with Crippen LogP contribution < -0.4 is 14.5 Å². The summed E-state index contributed by atoms with van der Waals surface area (Å²) in [5, 5.41) is 0. The molecule has 0 saturated carbocycles. The van der Waals surface area contributed by atoms with E-state index in [0.717, 1.165) is 10.2 Å². The van der Waals surface area contributed by atoms with E-state index in [4.69, 9.17) is 4.74 Å². The van der Waals surface area contributed by atoms with Gasteiger partial charge in [-0.3, -0.25) is 14.5 Å². The molecule has 0 bridgehead atoms. The van der Waals surface area contributed by atoms with Crippen molar-refractivity contribution >= 4 is 39.1 Å². The van der Waals surface area contributed by atoms with Crippen LogP contribution in [0.1, 0.15) is 6.92 Å². The third-order valence-electron chi connectivity index (χ3n) is 3.84. The number of fused-ring (bicyclic) bond motifs is 1. The zero-order valence-corrected chi connectivity index (χ0v) is 14.8. The Kier molecular flexibility index (Phi) is 4.85. The summed E-state index contributed by atoms with van der Waals surface area (Å²) in [6.07, 6.45) is 0. The number of anilines is 2. The molecule has 1 heterocycles. The van der Waals surface area contributed by atoms with Gasteiger partial charge in [0.2, 0.25) is 5.91 Å². The van der Waals surface area contributed by atoms with Crippen molar-refractivity contribution in [1.29, 1.82) is 0 Å². The van der Waals surface area contributed by atoms with E-state index in [0.29, 0.717) is 18.0 Å². The number of nitrogens with zero attached hydrogens (tertiary/aromatic N) is 2. The van der Waals surface area contributed by atoms with E-state index in [1.165, 1.54) is 4.90 Å². The Morgan fingerprint density at radius 3 is 2.71 bits per heavy atom. The molecule has 0 N–H and O–H groups in total. The topological polar surface area (TPSA) is 49.9 Å². The van der Waals surface area contributed by atoms with Crippen LogP contribution >= 0.6 is 15.9 Å². The number of likely N-dealkylation sites (N-methyl/N-ethyl adjacent to an activating group) is 1. The maximum Gasteiger partial charge on any atom is 0.265 e. The second kappa shape index (κ2) is 7.05. The van der Waals surface area contributed by atoms with Crippen molar-refractivity contribution in [2.75, 3.05) is 29.5 Å². The molecule has 0 spiro atoms. The standard InChI is InChI=1S/C18H17BrN2O3/c1-2-20(14-6-4-3-5-7-14)17(22)11-21-15-9-8-13(19)10-16(15)24-12-18(21)23/h3-10H,2,11-12H2,1H3. The van der Waals surface area contributed by atoms with Gasteiger partial charge in [0.05, 0.1) is 5.69 Å². The summed E-state index contributed by atoms with van der Waals surface area (Å²) >= 11 is 3.38. The molecule has 2 aromatic carbocycles. The number of carbonyl (C=O) groups excluding carboxylic acids is 2. The Labute approximate surface area is 148 Å². The summed E-state index contributed by atoms with van der Waals surface area (Å²) < 4.78 is 6.32. The van der Waals surface area contributed by atoms with E-state index in [9.17, 15) is 9.59 Å². The van der Waals surface area contributed by atoms with Crippen LogP contribution in [-0.4, -0.2) is 31.5 Å². The minimum atomic E-state index is -0.220. The number of para-hydroxylation sites is 1. The van der Waals surface area contributed by atoms with Gasteiger partial charge in [0.1, 0.15) is 12.3 Å². The minimum absolute atomic E-state index is 0.0143. The van der Waals surface area contributed by atoms with Gasteiger partial charge in [0, 0.05) is 16.7 Å². The number of benzene rings is 2. The number of amides is 2. The molecule has 2 aromatic rings. The number of hydrogen-bond acceptors (Lipinski definition) is 3. The van der Waals surface area contributed by atoms with Gasteiger partial charge in [0.15, 0.2) is 6.61 Å². The summed E-state index contributed by atoms with van der Waals surface area (Å²) in [5.41, 5.74) is 1.44. The zero-order valence-electron chi connectivity index (χ0n) is 13.2. The lowest BCUT2D eigenvalue weighted by molar-refractivity contribution is -0.124. The number of ether oxygens (including phenoxy) is 1. The molecule has 0 unspecified atom stereocenters. The first-order valence-electron chi connectivity index (χ1n) is 7.68. The number of hydrogen-bond donors (Lipinski definition) is 0. The van der Waals surface area contributed by atoms with Gasteiger partial charge in [-0.25, -0.2) is 0 Å². The van der Waals surface area contributed by atoms with Crippen molar-refractivity contribution in [2.45, 2.75) is 6.92 Å². The first-order chi connectivity index (χ1) is 11.6. The van der Waals surface area contributed by atoms with Crippen LogP contribution in [0.2, 0.25) is 0 Å². The number of rotatable bonds is 4. The SMILES string of the molecule is CCN(C(=O)CN1C(=O)COc2cc(Br)ccc21)c1ccccc1. The Morgan fingerprint density at radius 1 is 1.25 bits per heavy atom. The second-order valence-electron chi connectivity index (χ2n) is 5.35. The van der Waals surface area contributed by atoms with E-state index in [1.54, 1.807) is 17.0 Å². The Hall–Kier alpha value is -2.34. The molecule has 0 radical (unpaired) electrons. The molecule has 2 amide bonds. The summed E-state index contributed by atoms with van der Waals surface area (Å²) in [5.74, 6) is 0.245. The fourth-order valence-corrected chi connectivity index (χ4v) is 3.02. The molecule has 6 heteroatoms. The van der Waals surface area contributed by atoms with Crippen molar-refractivity contribution < 1.29 is 14.3 Å². The van der Waals surface area contributed by atoms with Gasteiger partial charge < -0.3 is 9.64 Å². The molecule has 5 nitrogen and oxygen atoms in total. The molecule has 0 saturated heterocycles. The lowest BCUT2D eigenvalue weighted by Gasteiger charge is -2.31. The first kappa shape index (κ1) is 16.5. The maximum atomic E-state index is 12.7. The average molecular weight is 389 g/mol. The molecule has 1 aliphatic heterocycles. The monoisotopic (exact) mass is 388 g/mol. The number of carbonyl (C=O) groups is 2. The van der Waals surface area contributed by atoms with Crippen molar-refractivity contribution in [1.82, 2.24) is 0 Å². The van der Waals surface area contributed by atoms with Crippen LogP contribution in [0.15, 0.2) is 53.0 Å². The van der Waals surface area contributed by atoms with E-state index >= 15 is 0 Å². The van der Waals surface area contributed by atoms with Gasteiger partial charge >= 0.3 is 0 Å². The van der Waals surface area contributed by atoms with Crippen LogP contribution in [0.3, 0.4) is 0 Å². The maximum absolute atomic E-state index is 12.7. The first-order valence-corrected chi connectivity index (χ1v) is 8.47. The van der Waals surface area contributed by atoms with Gasteiger partial charge in [-0.1, -0.05) is 34.1 Å². The van der Waals surface area contributed by atoms with Crippen LogP contribution in [0.4, 0.5) is 11.4 Å². The van der Waals surface area contributed by atoms with Crippen molar-refractivity contribution in [3.05, 3.63) is 53.0 Å². The third-order valence-corrected chi connectivity index (χ3v) is 4.34. The molecule has 124 valence electrons. The van der Waals surface area contributed by atoms with Gasteiger partial charge in [-0.05, 0) is 37.3 Å². The Bertz CT molecular complexity index is 764. The molecular formula is C18H17BrN2O3. The fourth-order valence-electron chi connectivity index (χ4n) is 2.68. The predicted octanol–water partition coefficient (Wildman–Crippen LogP) is 3.23. The predicted molar refractivity (Wildman–Crippen MR) is 96.5 cm³/mol. The highest BCUT2D eigenvalue weighted by atomic mass is 79.9. The van der Waals surface area contributed by atoms with Crippen LogP contribution in [0.25, 0.3) is 0 Å². The van der Waals surface area contributed by atoms with E-state index in [-0.39, 0.29) is 25.0 Å². The third kappa shape index (κ3) is 3.28. The van der Waals surface area contributed by atoms with Crippen molar-refractivity contribution in [3.63, 3.8) is 0 Å². The molecule has 0 atom stereocenters. The summed E-state index contributed by atoms with van der Waals surface area (Å²) in [6.45, 7) is 2.37. The fraction of sp³-hybridized carbons (Fsp3) is 0.222. The normalized spacial score (nSPS) is 13.2. The zero-order chi connectivity index (χ0) is 17.1. The highest BCUT2D eigenvalue weighted by Gasteiger charge is 2.29. The van der Waals surface area contributed by atoms with Gasteiger partial charge in [0.25, 0.3) is 5.91 Å². The van der Waals surface area contributed by atoms with Gasteiger partial charge in [-0.2, -0.15) is 0 Å².